The molecule has 0 spiro atoms. The molecule has 0 radical (unpaired) electrons. The quantitative estimate of drug-likeness (QED) is 0.864. The fourth-order valence-corrected chi connectivity index (χ4v) is 2.19. The molecule has 0 aromatic heterocycles. The van der Waals surface area contributed by atoms with Crippen molar-refractivity contribution in [2.75, 3.05) is 6.61 Å². The monoisotopic (exact) mass is 243 g/mol. The molecule has 1 atom stereocenters. The zero-order chi connectivity index (χ0) is 13.2. The largest absolute Gasteiger partial charge is 0.394 e. The predicted octanol–water partition coefficient (Wildman–Crippen LogP) is 3.26. The van der Waals surface area contributed by atoms with E-state index in [9.17, 15) is 5.11 Å². The summed E-state index contributed by atoms with van der Waals surface area (Å²) in [6, 6.07) is 15.1. The fourth-order valence-electron chi connectivity index (χ4n) is 2.19. The van der Waals surface area contributed by atoms with E-state index in [1.54, 1.807) is 0 Å². The molecule has 0 amide bonds. The van der Waals surface area contributed by atoms with Crippen molar-refractivity contribution < 1.29 is 5.11 Å². The van der Waals surface area contributed by atoms with Crippen molar-refractivity contribution in [2.24, 2.45) is 0 Å². The molecule has 2 aromatic carbocycles. The van der Waals surface area contributed by atoms with Crippen LogP contribution in [0.15, 0.2) is 42.5 Å². The highest BCUT2D eigenvalue weighted by atomic mass is 16.3. The van der Waals surface area contributed by atoms with Crippen molar-refractivity contribution in [3.8, 4) is 0 Å². The van der Waals surface area contributed by atoms with Gasteiger partial charge in [-0.05, 0) is 43.2 Å². The van der Waals surface area contributed by atoms with Crippen molar-refractivity contribution in [3.05, 3.63) is 48.0 Å². The number of hydrogen-bond acceptors (Lipinski definition) is 2. The van der Waals surface area contributed by atoms with E-state index in [0.717, 1.165) is 0 Å². The lowest BCUT2D eigenvalue weighted by molar-refractivity contribution is 0.178. The van der Waals surface area contributed by atoms with Crippen LogP contribution in [-0.2, 0) is 0 Å². The zero-order valence-corrected chi connectivity index (χ0v) is 11.3. The number of aliphatic hydroxyl groups is 1. The number of rotatable bonds is 4. The second-order valence-electron chi connectivity index (χ2n) is 5.51. The third kappa shape index (κ3) is 2.89. The van der Waals surface area contributed by atoms with Gasteiger partial charge < -0.3 is 10.4 Å². The van der Waals surface area contributed by atoms with Crippen molar-refractivity contribution in [1.29, 1.82) is 0 Å². The lowest BCUT2D eigenvalue weighted by atomic mass is 9.99. The average Bonchev–Trinajstić information content (AvgIpc) is 2.37. The van der Waals surface area contributed by atoms with Crippen molar-refractivity contribution in [3.63, 3.8) is 0 Å². The first-order valence-electron chi connectivity index (χ1n) is 6.39. The summed E-state index contributed by atoms with van der Waals surface area (Å²) >= 11 is 0. The molecule has 0 heterocycles. The molecule has 0 saturated heterocycles. The van der Waals surface area contributed by atoms with Gasteiger partial charge in [0.15, 0.2) is 0 Å². The molecule has 2 N–H and O–H groups in total. The highest BCUT2D eigenvalue weighted by Crippen LogP contribution is 2.21. The number of nitrogens with one attached hydrogen (secondary N) is 1. The molecule has 18 heavy (non-hydrogen) atoms. The van der Waals surface area contributed by atoms with Gasteiger partial charge in [-0.15, -0.1) is 0 Å². The summed E-state index contributed by atoms with van der Waals surface area (Å²) in [5.74, 6) is 0. The molecule has 2 rings (SSSR count). The predicted molar refractivity (Wildman–Crippen MR) is 76.7 cm³/mol. The van der Waals surface area contributed by atoms with Gasteiger partial charge in [-0.3, -0.25) is 0 Å². The number of benzene rings is 2. The van der Waals surface area contributed by atoms with Crippen LogP contribution in [0, 0.1) is 0 Å². The van der Waals surface area contributed by atoms with Crippen LogP contribution in [0.25, 0.3) is 10.8 Å². The van der Waals surface area contributed by atoms with Gasteiger partial charge in [0.2, 0.25) is 0 Å². The molecule has 0 saturated carbocycles. The van der Waals surface area contributed by atoms with Crippen LogP contribution in [-0.4, -0.2) is 17.3 Å². The summed E-state index contributed by atoms with van der Waals surface area (Å²) in [5, 5.41) is 15.3. The SMILES string of the molecule is CC(NC(C)(C)CO)c1ccc2ccccc2c1. The Kier molecular flexibility index (Phi) is 3.69. The number of fused-ring (bicyclic) bond motifs is 1. The molecule has 0 aliphatic rings. The van der Waals surface area contributed by atoms with Gasteiger partial charge in [-0.1, -0.05) is 36.4 Å². The molecule has 2 aromatic rings. The summed E-state index contributed by atoms with van der Waals surface area (Å²) in [5.41, 5.74) is 0.987. The Morgan fingerprint density at radius 3 is 2.44 bits per heavy atom. The van der Waals surface area contributed by atoms with Crippen LogP contribution < -0.4 is 5.32 Å². The molecule has 1 unspecified atom stereocenters. The van der Waals surface area contributed by atoms with E-state index in [4.69, 9.17) is 0 Å². The van der Waals surface area contributed by atoms with Crippen LogP contribution in [0.2, 0.25) is 0 Å². The summed E-state index contributed by atoms with van der Waals surface area (Å²) in [6.07, 6.45) is 0. The summed E-state index contributed by atoms with van der Waals surface area (Å²) in [4.78, 5) is 0. The van der Waals surface area contributed by atoms with Gasteiger partial charge in [0.05, 0.1) is 6.61 Å². The fraction of sp³-hybridized carbons (Fsp3) is 0.375. The minimum atomic E-state index is -0.259. The van der Waals surface area contributed by atoms with Crippen molar-refractivity contribution >= 4 is 10.8 Å². The van der Waals surface area contributed by atoms with E-state index in [1.807, 2.05) is 13.8 Å². The standard InChI is InChI=1S/C16H21NO/c1-12(17-16(2,3)11-18)14-9-8-13-6-4-5-7-15(13)10-14/h4-10,12,17-18H,11H2,1-3H3. The van der Waals surface area contributed by atoms with Gasteiger partial charge in [-0.25, -0.2) is 0 Å². The van der Waals surface area contributed by atoms with Crippen LogP contribution in [0.3, 0.4) is 0 Å². The summed E-state index contributed by atoms with van der Waals surface area (Å²) in [6.45, 7) is 6.27. The van der Waals surface area contributed by atoms with E-state index in [1.165, 1.54) is 16.3 Å². The second-order valence-corrected chi connectivity index (χ2v) is 5.51. The molecule has 0 bridgehead atoms. The Balaban J connectivity index is 2.25. The van der Waals surface area contributed by atoms with E-state index >= 15 is 0 Å². The van der Waals surface area contributed by atoms with Crippen molar-refractivity contribution in [2.45, 2.75) is 32.4 Å². The first kappa shape index (κ1) is 13.1. The molecule has 2 heteroatoms. The van der Waals surface area contributed by atoms with Crippen molar-refractivity contribution in [1.82, 2.24) is 5.32 Å². The Bertz CT molecular complexity index is 533. The Hall–Kier alpha value is -1.38. The normalized spacial score (nSPS) is 13.8. The van der Waals surface area contributed by atoms with Gasteiger partial charge in [0, 0.05) is 11.6 Å². The van der Waals surface area contributed by atoms with Crippen LogP contribution in [0.4, 0.5) is 0 Å². The topological polar surface area (TPSA) is 32.3 Å². The van der Waals surface area contributed by atoms with Gasteiger partial charge in [0.1, 0.15) is 0 Å². The smallest absolute Gasteiger partial charge is 0.0608 e. The van der Waals surface area contributed by atoms with E-state index in [0.29, 0.717) is 0 Å². The maximum absolute atomic E-state index is 9.30. The molecule has 0 aliphatic carbocycles. The third-order valence-electron chi connectivity index (χ3n) is 3.28. The molecule has 0 fully saturated rings. The lowest BCUT2D eigenvalue weighted by Gasteiger charge is -2.28. The number of aliphatic hydroxyl groups excluding tert-OH is 1. The van der Waals surface area contributed by atoms with E-state index < -0.39 is 0 Å². The Labute approximate surface area is 109 Å². The molecular formula is C16H21NO. The average molecular weight is 243 g/mol. The minimum absolute atomic E-state index is 0.130. The maximum atomic E-state index is 9.30. The second kappa shape index (κ2) is 5.09. The van der Waals surface area contributed by atoms with E-state index in [-0.39, 0.29) is 18.2 Å². The van der Waals surface area contributed by atoms with Gasteiger partial charge in [-0.2, -0.15) is 0 Å². The summed E-state index contributed by atoms with van der Waals surface area (Å²) in [7, 11) is 0. The molecular weight excluding hydrogens is 222 g/mol. The molecule has 2 nitrogen and oxygen atoms in total. The van der Waals surface area contributed by atoms with Gasteiger partial charge in [0.25, 0.3) is 0 Å². The van der Waals surface area contributed by atoms with E-state index in [2.05, 4.69) is 54.7 Å². The first-order valence-corrected chi connectivity index (χ1v) is 6.39. The molecule has 96 valence electrons. The van der Waals surface area contributed by atoms with Crippen LogP contribution in [0.5, 0.6) is 0 Å². The zero-order valence-electron chi connectivity index (χ0n) is 11.3. The highest BCUT2D eigenvalue weighted by Gasteiger charge is 2.19. The minimum Gasteiger partial charge on any atom is -0.394 e. The van der Waals surface area contributed by atoms with Crippen LogP contribution in [0.1, 0.15) is 32.4 Å². The first-order chi connectivity index (χ1) is 8.52. The number of hydrogen-bond donors (Lipinski definition) is 2. The lowest BCUT2D eigenvalue weighted by Crippen LogP contribution is -2.43. The Morgan fingerprint density at radius 2 is 1.78 bits per heavy atom. The Morgan fingerprint density at radius 1 is 1.11 bits per heavy atom. The highest BCUT2D eigenvalue weighted by molar-refractivity contribution is 5.83. The van der Waals surface area contributed by atoms with Gasteiger partial charge >= 0.3 is 0 Å². The third-order valence-corrected chi connectivity index (χ3v) is 3.28. The van der Waals surface area contributed by atoms with Crippen LogP contribution >= 0.6 is 0 Å². The molecule has 0 aliphatic heterocycles. The summed E-state index contributed by atoms with van der Waals surface area (Å²) < 4.78 is 0. The maximum Gasteiger partial charge on any atom is 0.0608 e.